The number of hydrogen-bond acceptors (Lipinski definition) is 3. The second-order valence-electron chi connectivity index (χ2n) is 4.68. The second-order valence-corrected chi connectivity index (χ2v) is 5.47. The monoisotopic (exact) mass is 387 g/mol. The number of para-hydroxylation sites is 1. The number of nitrogens with one attached hydrogen (secondary N) is 1. The maximum Gasteiger partial charge on any atom is 0.387 e. The smallest absolute Gasteiger partial charge is 0.387 e. The van der Waals surface area contributed by atoms with Crippen LogP contribution >= 0.6 is 23.2 Å². The van der Waals surface area contributed by atoms with E-state index < -0.39 is 12.5 Å². The third kappa shape index (κ3) is 5.08. The molecule has 0 aliphatic carbocycles. The van der Waals surface area contributed by atoms with Gasteiger partial charge in [0.25, 0.3) is 0 Å². The van der Waals surface area contributed by atoms with Crippen LogP contribution in [0.15, 0.2) is 42.5 Å². The number of halogens is 4. The fourth-order valence-corrected chi connectivity index (χ4v) is 2.33. The highest BCUT2D eigenvalue weighted by molar-refractivity contribution is 6.44. The minimum atomic E-state index is -3.03. The Morgan fingerprint density at radius 1 is 1.20 bits per heavy atom. The van der Waals surface area contributed by atoms with Crippen molar-refractivity contribution in [2.24, 2.45) is 0 Å². The highest BCUT2D eigenvalue weighted by atomic mass is 35.5. The number of carbonyl (C=O) groups excluding carboxylic acids is 1. The van der Waals surface area contributed by atoms with Gasteiger partial charge in [-0.15, -0.1) is 0 Å². The average molecular weight is 388 g/mol. The molecule has 0 aromatic heterocycles. The summed E-state index contributed by atoms with van der Waals surface area (Å²) in [5, 5.41) is 3.05. The van der Waals surface area contributed by atoms with Crippen LogP contribution in [0, 0.1) is 0 Å². The molecular weight excluding hydrogens is 375 g/mol. The topological polar surface area (TPSA) is 47.6 Å². The Morgan fingerprint density at radius 2 is 1.92 bits per heavy atom. The van der Waals surface area contributed by atoms with Crippen molar-refractivity contribution in [2.45, 2.75) is 6.61 Å². The average Bonchev–Trinajstić information content (AvgIpc) is 2.57. The molecule has 0 fully saturated rings. The van der Waals surface area contributed by atoms with Crippen molar-refractivity contribution in [2.75, 3.05) is 12.4 Å². The van der Waals surface area contributed by atoms with E-state index in [1.54, 1.807) is 24.3 Å². The van der Waals surface area contributed by atoms with Gasteiger partial charge in [0.15, 0.2) is 11.5 Å². The summed E-state index contributed by atoms with van der Waals surface area (Å²) in [4.78, 5) is 12.0. The molecule has 2 aromatic carbocycles. The SMILES string of the molecule is COc1cccc(/C=C/C(=O)Nc2cccc(Cl)c2Cl)c1OC(F)F. The van der Waals surface area contributed by atoms with Gasteiger partial charge < -0.3 is 14.8 Å². The summed E-state index contributed by atoms with van der Waals surface area (Å²) >= 11 is 11.9. The zero-order valence-corrected chi connectivity index (χ0v) is 14.4. The van der Waals surface area contributed by atoms with Crippen LogP contribution in [0.1, 0.15) is 5.56 Å². The van der Waals surface area contributed by atoms with E-state index in [0.717, 1.165) is 6.08 Å². The van der Waals surface area contributed by atoms with Gasteiger partial charge in [-0.1, -0.05) is 41.4 Å². The highest BCUT2D eigenvalue weighted by Gasteiger charge is 2.14. The van der Waals surface area contributed by atoms with E-state index in [-0.39, 0.29) is 22.1 Å². The summed E-state index contributed by atoms with van der Waals surface area (Å²) in [6.07, 6.45) is 2.48. The Kier molecular flexibility index (Phi) is 6.61. The molecular formula is C17H13Cl2F2NO3. The van der Waals surface area contributed by atoms with Crippen LogP contribution in [0.4, 0.5) is 14.5 Å². The lowest BCUT2D eigenvalue weighted by Gasteiger charge is -2.12. The number of methoxy groups -OCH3 is 1. The number of ether oxygens (including phenoxy) is 2. The third-order valence-electron chi connectivity index (χ3n) is 3.06. The zero-order valence-electron chi connectivity index (χ0n) is 12.9. The van der Waals surface area contributed by atoms with Crippen LogP contribution in [0.3, 0.4) is 0 Å². The van der Waals surface area contributed by atoms with Crippen LogP contribution in [0.2, 0.25) is 10.0 Å². The minimum Gasteiger partial charge on any atom is -0.493 e. The lowest BCUT2D eigenvalue weighted by molar-refractivity contribution is -0.111. The maximum atomic E-state index is 12.6. The zero-order chi connectivity index (χ0) is 18.4. The van der Waals surface area contributed by atoms with Gasteiger partial charge in [0.1, 0.15) is 0 Å². The van der Waals surface area contributed by atoms with Gasteiger partial charge in [0.05, 0.1) is 22.8 Å². The summed E-state index contributed by atoms with van der Waals surface area (Å²) in [5.74, 6) is -0.555. The molecule has 0 atom stereocenters. The van der Waals surface area contributed by atoms with Crippen molar-refractivity contribution in [3.05, 3.63) is 58.1 Å². The normalized spacial score (nSPS) is 11.0. The van der Waals surface area contributed by atoms with Crippen LogP contribution in [0.25, 0.3) is 6.08 Å². The Labute approximate surface area is 152 Å². The van der Waals surface area contributed by atoms with Gasteiger partial charge in [-0.3, -0.25) is 4.79 Å². The van der Waals surface area contributed by atoms with Crippen molar-refractivity contribution in [1.82, 2.24) is 0 Å². The molecule has 0 radical (unpaired) electrons. The Morgan fingerprint density at radius 3 is 2.60 bits per heavy atom. The lowest BCUT2D eigenvalue weighted by Crippen LogP contribution is -2.08. The second kappa shape index (κ2) is 8.69. The summed E-state index contributed by atoms with van der Waals surface area (Å²) in [6.45, 7) is -3.03. The molecule has 25 heavy (non-hydrogen) atoms. The van der Waals surface area contributed by atoms with Crippen molar-refractivity contribution < 1.29 is 23.0 Å². The highest BCUT2D eigenvalue weighted by Crippen LogP contribution is 2.33. The summed E-state index contributed by atoms with van der Waals surface area (Å²) < 4.78 is 34.6. The van der Waals surface area contributed by atoms with Gasteiger partial charge in [-0.2, -0.15) is 8.78 Å². The predicted octanol–water partition coefficient (Wildman–Crippen LogP) is 5.26. The first-order valence-corrected chi connectivity index (χ1v) is 7.73. The third-order valence-corrected chi connectivity index (χ3v) is 3.88. The van der Waals surface area contributed by atoms with E-state index in [1.807, 2.05) is 0 Å². The van der Waals surface area contributed by atoms with E-state index >= 15 is 0 Å². The van der Waals surface area contributed by atoms with Crippen LogP contribution in [-0.2, 0) is 4.79 Å². The molecule has 132 valence electrons. The standard InChI is InChI=1S/C17H13Cl2F2NO3/c1-24-13-7-2-4-10(16(13)25-17(20)21)8-9-14(23)22-12-6-3-5-11(18)15(12)19/h2-9,17H,1H3,(H,22,23)/b9-8+. The largest absolute Gasteiger partial charge is 0.493 e. The summed E-state index contributed by atoms with van der Waals surface area (Å²) in [5.41, 5.74) is 0.588. The Hall–Kier alpha value is -2.31. The van der Waals surface area contributed by atoms with E-state index in [1.165, 1.54) is 25.3 Å². The fraction of sp³-hybridized carbons (Fsp3) is 0.118. The molecule has 1 N–H and O–H groups in total. The lowest BCUT2D eigenvalue weighted by atomic mass is 10.1. The van der Waals surface area contributed by atoms with Crippen molar-refractivity contribution >= 4 is 40.9 Å². The number of rotatable bonds is 6. The molecule has 0 aliphatic rings. The van der Waals surface area contributed by atoms with Gasteiger partial charge in [0, 0.05) is 11.6 Å². The van der Waals surface area contributed by atoms with E-state index in [2.05, 4.69) is 10.1 Å². The molecule has 8 heteroatoms. The van der Waals surface area contributed by atoms with Crippen LogP contribution in [-0.4, -0.2) is 19.6 Å². The van der Waals surface area contributed by atoms with Crippen molar-refractivity contribution in [1.29, 1.82) is 0 Å². The van der Waals surface area contributed by atoms with Crippen molar-refractivity contribution in [3.8, 4) is 11.5 Å². The molecule has 1 amide bonds. The first-order valence-electron chi connectivity index (χ1n) is 6.97. The Balaban J connectivity index is 2.21. The number of carbonyl (C=O) groups is 1. The summed E-state index contributed by atoms with van der Waals surface area (Å²) in [7, 11) is 1.33. The van der Waals surface area contributed by atoms with Crippen LogP contribution in [0.5, 0.6) is 11.5 Å². The fourth-order valence-electron chi connectivity index (χ4n) is 1.98. The number of benzene rings is 2. The molecule has 0 aliphatic heterocycles. The molecule has 0 saturated carbocycles. The van der Waals surface area contributed by atoms with Gasteiger partial charge in [-0.05, 0) is 24.3 Å². The molecule has 2 aromatic rings. The number of amides is 1. The number of hydrogen-bond donors (Lipinski definition) is 1. The maximum absolute atomic E-state index is 12.6. The Bertz CT molecular complexity index is 797. The minimum absolute atomic E-state index is 0.126. The molecule has 0 saturated heterocycles. The molecule has 0 bridgehead atoms. The number of alkyl halides is 2. The van der Waals surface area contributed by atoms with Crippen molar-refractivity contribution in [3.63, 3.8) is 0 Å². The van der Waals surface area contributed by atoms with Gasteiger partial charge in [-0.25, -0.2) is 0 Å². The van der Waals surface area contributed by atoms with Crippen LogP contribution < -0.4 is 14.8 Å². The van der Waals surface area contributed by atoms with Gasteiger partial charge >= 0.3 is 6.61 Å². The van der Waals surface area contributed by atoms with E-state index in [0.29, 0.717) is 10.7 Å². The van der Waals surface area contributed by atoms with E-state index in [9.17, 15) is 13.6 Å². The molecule has 0 unspecified atom stereocenters. The number of anilines is 1. The van der Waals surface area contributed by atoms with Gasteiger partial charge in [0.2, 0.25) is 5.91 Å². The molecule has 2 rings (SSSR count). The molecule has 0 spiro atoms. The molecule has 4 nitrogen and oxygen atoms in total. The summed E-state index contributed by atoms with van der Waals surface area (Å²) in [6, 6.07) is 9.36. The first kappa shape index (κ1) is 19.0. The predicted molar refractivity (Wildman–Crippen MR) is 93.8 cm³/mol. The quantitative estimate of drug-likeness (QED) is 0.688. The first-order chi connectivity index (χ1) is 11.9. The molecule has 0 heterocycles. The van der Waals surface area contributed by atoms with E-state index in [4.69, 9.17) is 27.9 Å².